The summed E-state index contributed by atoms with van der Waals surface area (Å²) in [6.07, 6.45) is 1.36. The van der Waals surface area contributed by atoms with E-state index in [9.17, 15) is 23.3 Å². The van der Waals surface area contributed by atoms with Crippen molar-refractivity contribution in [1.82, 2.24) is 0 Å². The largest absolute Gasteiger partial charge is 0.478 e. The summed E-state index contributed by atoms with van der Waals surface area (Å²) < 4.78 is 22.6. The lowest BCUT2D eigenvalue weighted by molar-refractivity contribution is -0.384. The molecule has 0 radical (unpaired) electrons. The second-order valence-electron chi connectivity index (χ2n) is 4.32. The Balaban J connectivity index is 2.41. The summed E-state index contributed by atoms with van der Waals surface area (Å²) in [5.74, 6) is -1.65. The van der Waals surface area contributed by atoms with Crippen molar-refractivity contribution in [2.75, 3.05) is 11.1 Å². The topological polar surface area (TPSA) is 127 Å². The predicted molar refractivity (Wildman–Crippen MR) is 75.4 cm³/mol. The lowest BCUT2D eigenvalue weighted by Gasteiger charge is -2.15. The van der Waals surface area contributed by atoms with Gasteiger partial charge in [-0.15, -0.1) is 0 Å². The monoisotopic (exact) mass is 332 g/mol. The van der Waals surface area contributed by atoms with Crippen molar-refractivity contribution in [3.63, 3.8) is 0 Å². The summed E-state index contributed by atoms with van der Waals surface area (Å²) in [5.41, 5.74) is -0.911. The van der Waals surface area contributed by atoms with E-state index in [-0.39, 0.29) is 16.5 Å². The van der Waals surface area contributed by atoms with Crippen LogP contribution in [-0.2, 0) is 9.84 Å². The third-order valence-corrected chi connectivity index (χ3v) is 4.47. The fourth-order valence-corrected chi connectivity index (χ4v) is 3.37. The Hall–Kier alpha value is -2.13. The van der Waals surface area contributed by atoms with Gasteiger partial charge in [-0.2, -0.15) is 0 Å². The van der Waals surface area contributed by atoms with Gasteiger partial charge in [0, 0.05) is 17.5 Å². The molecule has 0 fully saturated rings. The van der Waals surface area contributed by atoms with E-state index in [2.05, 4.69) is 5.32 Å². The zero-order chi connectivity index (χ0) is 15.8. The average Bonchev–Trinajstić information content (AvgIpc) is 2.70. The van der Waals surface area contributed by atoms with Crippen molar-refractivity contribution in [3.8, 4) is 0 Å². The molecule has 0 bridgehead atoms. The minimum absolute atomic E-state index is 0.0542. The van der Waals surface area contributed by atoms with Crippen LogP contribution in [0.2, 0.25) is 5.02 Å². The number of carboxylic acids is 1. The van der Waals surface area contributed by atoms with Crippen LogP contribution in [0.1, 0.15) is 10.4 Å². The molecule has 1 aromatic rings. The summed E-state index contributed by atoms with van der Waals surface area (Å²) in [6, 6.07) is 1.22. The quantitative estimate of drug-likeness (QED) is 0.634. The van der Waals surface area contributed by atoms with Crippen LogP contribution in [0, 0.1) is 10.1 Å². The third-order valence-electron chi connectivity index (χ3n) is 2.78. The van der Waals surface area contributed by atoms with Gasteiger partial charge in [0.1, 0.15) is 0 Å². The summed E-state index contributed by atoms with van der Waals surface area (Å²) >= 11 is 5.87. The highest BCUT2D eigenvalue weighted by Gasteiger charge is 2.26. The number of non-ortho nitro benzene ring substituents is 1. The van der Waals surface area contributed by atoms with Gasteiger partial charge in [-0.05, 0) is 0 Å². The molecule has 8 nitrogen and oxygen atoms in total. The number of sulfone groups is 1. The van der Waals surface area contributed by atoms with E-state index >= 15 is 0 Å². The van der Waals surface area contributed by atoms with E-state index in [1.807, 2.05) is 0 Å². The lowest BCUT2D eigenvalue weighted by atomic mass is 10.1. The number of nitrogens with zero attached hydrogens (tertiary/aromatic N) is 1. The normalized spacial score (nSPS) is 19.4. The fraction of sp³-hybridized carbons (Fsp3) is 0.182. The first kappa shape index (κ1) is 15.3. The number of rotatable bonds is 4. The van der Waals surface area contributed by atoms with Crippen LogP contribution in [0.4, 0.5) is 11.4 Å². The van der Waals surface area contributed by atoms with E-state index in [0.29, 0.717) is 0 Å². The van der Waals surface area contributed by atoms with Gasteiger partial charge in [-0.25, -0.2) is 13.2 Å². The van der Waals surface area contributed by atoms with Crippen molar-refractivity contribution >= 4 is 38.8 Å². The molecule has 0 spiro atoms. The molecule has 21 heavy (non-hydrogen) atoms. The first-order valence-electron chi connectivity index (χ1n) is 5.58. The maximum Gasteiger partial charge on any atom is 0.338 e. The summed E-state index contributed by atoms with van der Waals surface area (Å²) in [5, 5.41) is 23.4. The first-order chi connectivity index (χ1) is 9.69. The maximum absolute atomic E-state index is 11.3. The number of hydrogen-bond acceptors (Lipinski definition) is 6. The Morgan fingerprint density at radius 1 is 1.48 bits per heavy atom. The SMILES string of the molecule is O=C(O)c1cc([N+](=O)[O-])cc(Cl)c1NC1C=CS(=O)(=O)C1. The molecule has 10 heteroatoms. The number of hydrogen-bond donors (Lipinski definition) is 2. The van der Waals surface area contributed by atoms with Gasteiger partial charge in [0.25, 0.3) is 5.69 Å². The van der Waals surface area contributed by atoms with Crippen molar-refractivity contribution in [3.05, 3.63) is 44.3 Å². The van der Waals surface area contributed by atoms with Gasteiger partial charge in [-0.1, -0.05) is 17.7 Å². The molecule has 0 saturated carbocycles. The first-order valence-corrected chi connectivity index (χ1v) is 7.67. The van der Waals surface area contributed by atoms with Crippen LogP contribution < -0.4 is 5.32 Å². The summed E-state index contributed by atoms with van der Waals surface area (Å²) in [7, 11) is -3.32. The second-order valence-corrected chi connectivity index (χ2v) is 6.66. The smallest absolute Gasteiger partial charge is 0.338 e. The molecule has 0 aliphatic carbocycles. The number of carbonyl (C=O) groups is 1. The molecule has 0 saturated heterocycles. The summed E-state index contributed by atoms with van der Waals surface area (Å²) in [4.78, 5) is 21.1. The van der Waals surface area contributed by atoms with Gasteiger partial charge >= 0.3 is 5.97 Å². The van der Waals surface area contributed by atoms with E-state index in [1.54, 1.807) is 0 Å². The van der Waals surface area contributed by atoms with Gasteiger partial charge in [0.05, 0.1) is 33.0 Å². The van der Waals surface area contributed by atoms with E-state index in [0.717, 1.165) is 17.5 Å². The van der Waals surface area contributed by atoms with Crippen LogP contribution in [0.25, 0.3) is 0 Å². The number of aromatic carboxylic acids is 1. The zero-order valence-corrected chi connectivity index (χ0v) is 11.9. The number of nitro benzene ring substituents is 1. The van der Waals surface area contributed by atoms with Gasteiger partial charge in [0.15, 0.2) is 9.84 Å². The molecule has 1 aromatic carbocycles. The van der Waals surface area contributed by atoms with Crippen LogP contribution in [-0.4, -0.2) is 36.2 Å². The van der Waals surface area contributed by atoms with Crippen molar-refractivity contribution in [2.24, 2.45) is 0 Å². The Morgan fingerprint density at radius 2 is 2.14 bits per heavy atom. The Labute approximate surface area is 124 Å². The molecule has 1 heterocycles. The number of benzene rings is 1. The van der Waals surface area contributed by atoms with Gasteiger partial charge in [-0.3, -0.25) is 10.1 Å². The van der Waals surface area contributed by atoms with Gasteiger partial charge < -0.3 is 10.4 Å². The number of nitrogens with one attached hydrogen (secondary N) is 1. The fourth-order valence-electron chi connectivity index (χ4n) is 1.86. The number of carboxylic acid groups (broad SMARTS) is 1. The molecule has 1 aliphatic rings. The van der Waals surface area contributed by atoms with Crippen LogP contribution in [0.5, 0.6) is 0 Å². The van der Waals surface area contributed by atoms with Crippen LogP contribution in [0.15, 0.2) is 23.6 Å². The molecular weight excluding hydrogens is 324 g/mol. The summed E-state index contributed by atoms with van der Waals surface area (Å²) in [6.45, 7) is 0. The highest BCUT2D eigenvalue weighted by atomic mass is 35.5. The van der Waals surface area contributed by atoms with Crippen molar-refractivity contribution in [2.45, 2.75) is 6.04 Å². The molecule has 0 amide bonds. The van der Waals surface area contributed by atoms with Crippen LogP contribution >= 0.6 is 11.6 Å². The molecule has 2 rings (SSSR count). The molecule has 0 aromatic heterocycles. The Kier molecular flexibility index (Phi) is 3.88. The second kappa shape index (κ2) is 5.34. The van der Waals surface area contributed by atoms with Crippen molar-refractivity contribution in [1.29, 1.82) is 0 Å². The lowest BCUT2D eigenvalue weighted by Crippen LogP contribution is -2.22. The minimum Gasteiger partial charge on any atom is -0.478 e. The Morgan fingerprint density at radius 3 is 2.62 bits per heavy atom. The molecule has 112 valence electrons. The minimum atomic E-state index is -3.32. The van der Waals surface area contributed by atoms with Gasteiger partial charge in [0.2, 0.25) is 0 Å². The molecule has 1 aliphatic heterocycles. The average molecular weight is 333 g/mol. The highest BCUT2D eigenvalue weighted by molar-refractivity contribution is 7.94. The van der Waals surface area contributed by atoms with Crippen LogP contribution in [0.3, 0.4) is 0 Å². The third kappa shape index (κ3) is 3.31. The molecule has 1 atom stereocenters. The molecule has 1 unspecified atom stereocenters. The molecule has 2 N–H and O–H groups in total. The number of anilines is 1. The standard InChI is InChI=1S/C11H9ClN2O6S/c12-9-4-7(14(17)18)3-8(11(15)16)10(9)13-6-1-2-21(19,20)5-6/h1-4,6,13H,5H2,(H,15,16). The highest BCUT2D eigenvalue weighted by Crippen LogP contribution is 2.32. The number of nitro groups is 1. The van der Waals surface area contributed by atoms with E-state index in [4.69, 9.17) is 16.7 Å². The van der Waals surface area contributed by atoms with Crippen molar-refractivity contribution < 1.29 is 23.2 Å². The maximum atomic E-state index is 11.3. The number of halogens is 1. The molecular formula is C11H9ClN2O6S. The predicted octanol–water partition coefficient (Wildman–Crippen LogP) is 1.67. The van der Waals surface area contributed by atoms with E-state index in [1.165, 1.54) is 6.08 Å². The van der Waals surface area contributed by atoms with E-state index < -0.39 is 38.0 Å². The zero-order valence-electron chi connectivity index (χ0n) is 10.3. The Bertz CT molecular complexity index is 758.